The van der Waals surface area contributed by atoms with Gasteiger partial charge in [0.05, 0.1) is 7.11 Å². The summed E-state index contributed by atoms with van der Waals surface area (Å²) >= 11 is 0. The van der Waals surface area contributed by atoms with Crippen molar-refractivity contribution >= 4 is 11.7 Å². The predicted octanol–water partition coefficient (Wildman–Crippen LogP) is 2.94. The van der Waals surface area contributed by atoms with Gasteiger partial charge in [0.1, 0.15) is 11.4 Å². The van der Waals surface area contributed by atoms with Crippen molar-refractivity contribution in [2.75, 3.05) is 12.8 Å². The molecule has 4 nitrogen and oxygen atoms in total. The number of ether oxygens (including phenoxy) is 2. The largest absolute Gasteiger partial charge is 0.497 e. The smallest absolute Gasteiger partial charge is 0.306 e. The van der Waals surface area contributed by atoms with E-state index in [2.05, 4.69) is 0 Å². The summed E-state index contributed by atoms with van der Waals surface area (Å²) in [6.07, 6.45) is 1.93. The molecule has 0 radical (unpaired) electrons. The number of hydrogen-bond donors (Lipinski definition) is 1. The first-order valence-electron chi connectivity index (χ1n) is 6.45. The molecule has 0 bridgehead atoms. The minimum absolute atomic E-state index is 0.164. The lowest BCUT2D eigenvalue weighted by atomic mass is 10.1. The maximum Gasteiger partial charge on any atom is 0.306 e. The number of nitrogens with two attached hydrogens (primary N) is 1. The number of carbonyl (C=O) groups excluding carboxylic acids is 1. The zero-order chi connectivity index (χ0) is 14.5. The first kappa shape index (κ1) is 15.3. The monoisotopic (exact) mass is 265 g/mol. The molecule has 2 N–H and O–H groups in total. The number of hydrogen-bond acceptors (Lipinski definition) is 4. The maximum atomic E-state index is 11.6. The molecule has 0 aromatic heterocycles. The Morgan fingerprint density at radius 3 is 2.53 bits per heavy atom. The Labute approximate surface area is 114 Å². The number of benzene rings is 1. The van der Waals surface area contributed by atoms with Gasteiger partial charge in [-0.05, 0) is 51.3 Å². The van der Waals surface area contributed by atoms with E-state index in [9.17, 15) is 4.79 Å². The molecule has 0 atom stereocenters. The Kier molecular flexibility index (Phi) is 5.21. The fraction of sp³-hybridized carbons (Fsp3) is 0.533. The summed E-state index contributed by atoms with van der Waals surface area (Å²) in [6, 6.07) is 5.61. The van der Waals surface area contributed by atoms with E-state index in [0.29, 0.717) is 12.1 Å². The van der Waals surface area contributed by atoms with Crippen LogP contribution < -0.4 is 10.5 Å². The summed E-state index contributed by atoms with van der Waals surface area (Å²) in [7, 11) is 1.61. The highest BCUT2D eigenvalue weighted by Gasteiger charge is 2.15. The van der Waals surface area contributed by atoms with E-state index in [1.807, 2.05) is 32.9 Å². The van der Waals surface area contributed by atoms with Gasteiger partial charge in [-0.3, -0.25) is 4.79 Å². The number of carbonyl (C=O) groups is 1. The van der Waals surface area contributed by atoms with Crippen LogP contribution in [-0.4, -0.2) is 18.7 Å². The fourth-order valence-corrected chi connectivity index (χ4v) is 1.78. The van der Waals surface area contributed by atoms with Gasteiger partial charge < -0.3 is 15.2 Å². The highest BCUT2D eigenvalue weighted by atomic mass is 16.6. The van der Waals surface area contributed by atoms with Crippen LogP contribution in [0.2, 0.25) is 0 Å². The Balaban J connectivity index is 2.45. The Hall–Kier alpha value is -1.71. The minimum atomic E-state index is -0.419. The molecule has 4 heteroatoms. The van der Waals surface area contributed by atoms with Crippen LogP contribution in [0.5, 0.6) is 5.75 Å². The Bertz CT molecular complexity index is 436. The molecular formula is C15H23NO3. The van der Waals surface area contributed by atoms with Crippen LogP contribution in [-0.2, 0) is 16.0 Å². The topological polar surface area (TPSA) is 61.5 Å². The molecule has 0 saturated heterocycles. The molecule has 0 unspecified atom stereocenters. The molecule has 106 valence electrons. The second-order valence-electron chi connectivity index (χ2n) is 5.55. The summed E-state index contributed by atoms with van der Waals surface area (Å²) in [6.45, 7) is 5.61. The molecule has 1 aromatic carbocycles. The highest BCUT2D eigenvalue weighted by Crippen LogP contribution is 2.20. The molecule has 1 rings (SSSR count). The Morgan fingerprint density at radius 2 is 1.95 bits per heavy atom. The van der Waals surface area contributed by atoms with Crippen molar-refractivity contribution < 1.29 is 14.3 Å². The molecule has 0 aliphatic heterocycles. The molecule has 0 aliphatic carbocycles. The van der Waals surface area contributed by atoms with Gasteiger partial charge in [-0.2, -0.15) is 0 Å². The first-order chi connectivity index (χ1) is 8.80. The van der Waals surface area contributed by atoms with Crippen molar-refractivity contribution in [3.8, 4) is 5.75 Å². The second kappa shape index (κ2) is 6.45. The molecule has 0 amide bonds. The number of rotatable bonds is 5. The van der Waals surface area contributed by atoms with E-state index in [-0.39, 0.29) is 5.97 Å². The number of methoxy groups -OCH3 is 1. The maximum absolute atomic E-state index is 11.6. The summed E-state index contributed by atoms with van der Waals surface area (Å²) in [5, 5.41) is 0. The molecule has 0 aliphatic rings. The minimum Gasteiger partial charge on any atom is -0.497 e. The van der Waals surface area contributed by atoms with Crippen molar-refractivity contribution in [2.45, 2.75) is 45.6 Å². The zero-order valence-corrected chi connectivity index (χ0v) is 12.2. The van der Waals surface area contributed by atoms with Gasteiger partial charge in [0.25, 0.3) is 0 Å². The lowest BCUT2D eigenvalue weighted by Crippen LogP contribution is -2.23. The van der Waals surface area contributed by atoms with E-state index in [4.69, 9.17) is 15.2 Å². The van der Waals surface area contributed by atoms with Gasteiger partial charge in [-0.1, -0.05) is 0 Å². The third kappa shape index (κ3) is 6.13. The lowest BCUT2D eigenvalue weighted by Gasteiger charge is -2.19. The standard InChI is InChI=1S/C15H23NO3/c1-15(2,3)19-14(17)7-5-6-11-8-12(16)10-13(9-11)18-4/h8-10H,5-7,16H2,1-4H3. The van der Waals surface area contributed by atoms with Gasteiger partial charge in [-0.15, -0.1) is 0 Å². The SMILES string of the molecule is COc1cc(N)cc(CCCC(=O)OC(C)(C)C)c1. The molecular weight excluding hydrogens is 242 g/mol. The van der Waals surface area contributed by atoms with Gasteiger partial charge in [0, 0.05) is 18.2 Å². The van der Waals surface area contributed by atoms with Gasteiger partial charge in [0.15, 0.2) is 0 Å². The van der Waals surface area contributed by atoms with E-state index in [1.54, 1.807) is 13.2 Å². The van der Waals surface area contributed by atoms with Crippen molar-refractivity contribution in [3.63, 3.8) is 0 Å². The van der Waals surface area contributed by atoms with Crippen LogP contribution in [0.15, 0.2) is 18.2 Å². The van der Waals surface area contributed by atoms with Crippen LogP contribution in [0.4, 0.5) is 5.69 Å². The summed E-state index contributed by atoms with van der Waals surface area (Å²) < 4.78 is 10.4. The summed E-state index contributed by atoms with van der Waals surface area (Å²) in [5.41, 5.74) is 7.10. The molecule has 0 fully saturated rings. The van der Waals surface area contributed by atoms with E-state index in [0.717, 1.165) is 24.2 Å². The number of esters is 1. The Morgan fingerprint density at radius 1 is 1.26 bits per heavy atom. The van der Waals surface area contributed by atoms with Crippen LogP contribution >= 0.6 is 0 Å². The van der Waals surface area contributed by atoms with E-state index in [1.165, 1.54) is 0 Å². The quantitative estimate of drug-likeness (QED) is 0.657. The molecule has 0 heterocycles. The molecule has 0 spiro atoms. The number of nitrogen functional groups attached to an aromatic ring is 1. The molecule has 0 saturated carbocycles. The first-order valence-corrected chi connectivity index (χ1v) is 6.45. The van der Waals surface area contributed by atoms with Gasteiger partial charge in [-0.25, -0.2) is 0 Å². The fourth-order valence-electron chi connectivity index (χ4n) is 1.78. The van der Waals surface area contributed by atoms with Crippen molar-refractivity contribution in [2.24, 2.45) is 0 Å². The van der Waals surface area contributed by atoms with Gasteiger partial charge >= 0.3 is 5.97 Å². The van der Waals surface area contributed by atoms with Crippen molar-refractivity contribution in [1.29, 1.82) is 0 Å². The predicted molar refractivity (Wildman–Crippen MR) is 76.2 cm³/mol. The number of anilines is 1. The van der Waals surface area contributed by atoms with Crippen molar-refractivity contribution in [1.82, 2.24) is 0 Å². The highest BCUT2D eigenvalue weighted by molar-refractivity contribution is 5.69. The average molecular weight is 265 g/mol. The van der Waals surface area contributed by atoms with Gasteiger partial charge in [0.2, 0.25) is 0 Å². The molecule has 19 heavy (non-hydrogen) atoms. The van der Waals surface area contributed by atoms with Crippen LogP contribution in [0, 0.1) is 0 Å². The zero-order valence-electron chi connectivity index (χ0n) is 12.2. The molecule has 1 aromatic rings. The summed E-state index contributed by atoms with van der Waals surface area (Å²) in [5.74, 6) is 0.579. The lowest BCUT2D eigenvalue weighted by molar-refractivity contribution is -0.154. The average Bonchev–Trinajstić information content (AvgIpc) is 2.25. The van der Waals surface area contributed by atoms with Crippen LogP contribution in [0.3, 0.4) is 0 Å². The van der Waals surface area contributed by atoms with E-state index >= 15 is 0 Å². The summed E-state index contributed by atoms with van der Waals surface area (Å²) in [4.78, 5) is 11.6. The van der Waals surface area contributed by atoms with Crippen molar-refractivity contribution in [3.05, 3.63) is 23.8 Å². The van der Waals surface area contributed by atoms with Crippen LogP contribution in [0.1, 0.15) is 39.2 Å². The van der Waals surface area contributed by atoms with Crippen LogP contribution in [0.25, 0.3) is 0 Å². The van der Waals surface area contributed by atoms with E-state index < -0.39 is 5.60 Å². The third-order valence-corrected chi connectivity index (χ3v) is 2.49. The second-order valence-corrected chi connectivity index (χ2v) is 5.55. The normalized spacial score (nSPS) is 11.2. The number of aryl methyl sites for hydroxylation is 1. The third-order valence-electron chi connectivity index (χ3n) is 2.49.